The smallest absolute Gasteiger partial charge is 0.339 e. The van der Waals surface area contributed by atoms with Crippen molar-refractivity contribution >= 4 is 22.8 Å². The van der Waals surface area contributed by atoms with Crippen LogP contribution in [0.25, 0.3) is 22.0 Å². The van der Waals surface area contributed by atoms with Crippen molar-refractivity contribution in [3.63, 3.8) is 0 Å². The van der Waals surface area contributed by atoms with E-state index in [1.54, 1.807) is 18.2 Å². The van der Waals surface area contributed by atoms with Crippen molar-refractivity contribution in [3.05, 3.63) is 94.7 Å². The standard InChI is InChI=1S/C29H29NO4/c1-18-19(2)30(26-15-14-22(27(31)32)16-25(18)26)17-20-10-12-21(13-11-20)23-8-6-7-9-24(23)28(33)34-29(3,4)5/h6-16H,17H2,1-5H3,(H,31,32). The van der Waals surface area contributed by atoms with Gasteiger partial charge in [0.05, 0.1) is 11.1 Å². The lowest BCUT2D eigenvalue weighted by Crippen LogP contribution is -2.24. The zero-order chi connectivity index (χ0) is 24.6. The molecule has 4 rings (SSSR count). The molecule has 1 N–H and O–H groups in total. The third-order valence-electron chi connectivity index (χ3n) is 6.04. The Labute approximate surface area is 199 Å². The molecule has 1 aromatic heterocycles. The van der Waals surface area contributed by atoms with Crippen LogP contribution in [-0.2, 0) is 11.3 Å². The molecule has 34 heavy (non-hydrogen) atoms. The Morgan fingerprint density at radius 1 is 0.941 bits per heavy atom. The van der Waals surface area contributed by atoms with E-state index in [0.29, 0.717) is 17.7 Å². The van der Waals surface area contributed by atoms with Crippen LogP contribution in [0.3, 0.4) is 0 Å². The maximum absolute atomic E-state index is 12.7. The van der Waals surface area contributed by atoms with E-state index < -0.39 is 11.6 Å². The summed E-state index contributed by atoms with van der Waals surface area (Å²) in [4.78, 5) is 24.1. The summed E-state index contributed by atoms with van der Waals surface area (Å²) in [5.41, 5.74) is 6.38. The molecule has 0 amide bonds. The van der Waals surface area contributed by atoms with Crippen LogP contribution >= 0.6 is 0 Å². The van der Waals surface area contributed by atoms with E-state index in [1.165, 1.54) is 0 Å². The monoisotopic (exact) mass is 455 g/mol. The molecule has 5 heteroatoms. The number of carbonyl (C=O) groups excluding carboxylic acids is 1. The van der Waals surface area contributed by atoms with Gasteiger partial charge in [-0.05, 0) is 81.1 Å². The second-order valence-electron chi connectivity index (χ2n) is 9.58. The van der Waals surface area contributed by atoms with Gasteiger partial charge in [0, 0.05) is 23.1 Å². The number of carboxylic acid groups (broad SMARTS) is 1. The third kappa shape index (κ3) is 4.60. The van der Waals surface area contributed by atoms with E-state index in [9.17, 15) is 14.7 Å². The van der Waals surface area contributed by atoms with Crippen molar-refractivity contribution in [1.29, 1.82) is 0 Å². The predicted octanol–water partition coefficient (Wildman–Crippen LogP) is 6.63. The Balaban J connectivity index is 1.64. The number of carbonyl (C=O) groups is 2. The van der Waals surface area contributed by atoms with Crippen LogP contribution in [-0.4, -0.2) is 27.2 Å². The maximum Gasteiger partial charge on any atom is 0.339 e. The fourth-order valence-corrected chi connectivity index (χ4v) is 4.20. The largest absolute Gasteiger partial charge is 0.478 e. The molecular formula is C29H29NO4. The summed E-state index contributed by atoms with van der Waals surface area (Å²) in [6, 6.07) is 20.9. The Morgan fingerprint density at radius 3 is 2.26 bits per heavy atom. The van der Waals surface area contributed by atoms with Gasteiger partial charge in [0.25, 0.3) is 0 Å². The summed E-state index contributed by atoms with van der Waals surface area (Å²) >= 11 is 0. The number of hydrogen-bond acceptors (Lipinski definition) is 3. The van der Waals surface area contributed by atoms with Crippen LogP contribution in [0, 0.1) is 13.8 Å². The summed E-state index contributed by atoms with van der Waals surface area (Å²) in [6.45, 7) is 10.3. The summed E-state index contributed by atoms with van der Waals surface area (Å²) in [5, 5.41) is 10.3. The molecule has 0 radical (unpaired) electrons. The molecule has 0 atom stereocenters. The van der Waals surface area contributed by atoms with Gasteiger partial charge in [0.1, 0.15) is 5.60 Å². The topological polar surface area (TPSA) is 68.5 Å². The molecule has 1 heterocycles. The first-order chi connectivity index (χ1) is 16.0. The number of hydrogen-bond donors (Lipinski definition) is 1. The molecule has 5 nitrogen and oxygen atoms in total. The van der Waals surface area contributed by atoms with Gasteiger partial charge in [-0.2, -0.15) is 0 Å². The van der Waals surface area contributed by atoms with Gasteiger partial charge in [0.2, 0.25) is 0 Å². The van der Waals surface area contributed by atoms with E-state index in [4.69, 9.17) is 4.74 Å². The molecule has 0 fully saturated rings. The highest BCUT2D eigenvalue weighted by atomic mass is 16.6. The van der Waals surface area contributed by atoms with E-state index in [-0.39, 0.29) is 5.97 Å². The molecular weight excluding hydrogens is 426 g/mol. The molecule has 0 aliphatic heterocycles. The lowest BCUT2D eigenvalue weighted by molar-refractivity contribution is 0.00702. The Hall–Kier alpha value is -3.86. The molecule has 174 valence electrons. The van der Waals surface area contributed by atoms with Crippen LogP contribution in [0.5, 0.6) is 0 Å². The molecule has 0 saturated carbocycles. The summed E-state index contributed by atoms with van der Waals surface area (Å²) in [6.07, 6.45) is 0. The minimum absolute atomic E-state index is 0.292. The van der Waals surface area contributed by atoms with Crippen LogP contribution in [0.2, 0.25) is 0 Å². The van der Waals surface area contributed by atoms with E-state index in [0.717, 1.165) is 38.9 Å². The average Bonchev–Trinajstić information content (AvgIpc) is 3.03. The molecule has 0 saturated heterocycles. The molecule has 0 aliphatic rings. The number of nitrogens with zero attached hydrogens (tertiary/aromatic N) is 1. The van der Waals surface area contributed by atoms with Crippen LogP contribution in [0.4, 0.5) is 0 Å². The lowest BCUT2D eigenvalue weighted by atomic mass is 9.98. The number of aromatic nitrogens is 1. The van der Waals surface area contributed by atoms with Crippen molar-refractivity contribution in [3.8, 4) is 11.1 Å². The lowest BCUT2D eigenvalue weighted by Gasteiger charge is -2.20. The molecule has 4 aromatic rings. The zero-order valence-corrected chi connectivity index (χ0v) is 20.2. The number of esters is 1. The number of carboxylic acids is 1. The molecule has 0 unspecified atom stereocenters. The fraction of sp³-hybridized carbons (Fsp3) is 0.241. The SMILES string of the molecule is Cc1c(C)n(Cc2ccc(-c3ccccc3C(=O)OC(C)(C)C)cc2)c2ccc(C(=O)O)cc12. The Bertz CT molecular complexity index is 1390. The van der Waals surface area contributed by atoms with Crippen molar-refractivity contribution in [1.82, 2.24) is 4.57 Å². The average molecular weight is 456 g/mol. The Morgan fingerprint density at radius 2 is 1.62 bits per heavy atom. The van der Waals surface area contributed by atoms with Crippen molar-refractivity contribution in [2.45, 2.75) is 46.8 Å². The van der Waals surface area contributed by atoms with Gasteiger partial charge in [-0.3, -0.25) is 0 Å². The third-order valence-corrected chi connectivity index (χ3v) is 6.04. The van der Waals surface area contributed by atoms with Gasteiger partial charge in [0.15, 0.2) is 0 Å². The van der Waals surface area contributed by atoms with Gasteiger partial charge >= 0.3 is 11.9 Å². The van der Waals surface area contributed by atoms with E-state index in [2.05, 4.69) is 23.6 Å². The number of aromatic carboxylic acids is 1. The predicted molar refractivity (Wildman–Crippen MR) is 135 cm³/mol. The number of fused-ring (bicyclic) bond motifs is 1. The number of rotatable bonds is 5. The fourth-order valence-electron chi connectivity index (χ4n) is 4.20. The molecule has 0 spiro atoms. The number of benzene rings is 3. The molecule has 3 aromatic carbocycles. The zero-order valence-electron chi connectivity index (χ0n) is 20.2. The van der Waals surface area contributed by atoms with E-state index in [1.807, 2.05) is 64.1 Å². The van der Waals surface area contributed by atoms with Gasteiger partial charge in [-0.1, -0.05) is 42.5 Å². The van der Waals surface area contributed by atoms with Crippen LogP contribution in [0.15, 0.2) is 66.7 Å². The summed E-state index contributed by atoms with van der Waals surface area (Å²) in [7, 11) is 0. The first kappa shape index (κ1) is 23.3. The van der Waals surface area contributed by atoms with Crippen molar-refractivity contribution in [2.24, 2.45) is 0 Å². The second kappa shape index (κ2) is 8.82. The first-order valence-electron chi connectivity index (χ1n) is 11.3. The summed E-state index contributed by atoms with van der Waals surface area (Å²) in [5.74, 6) is -1.26. The van der Waals surface area contributed by atoms with Crippen LogP contribution < -0.4 is 0 Å². The van der Waals surface area contributed by atoms with Crippen molar-refractivity contribution in [2.75, 3.05) is 0 Å². The highest BCUT2D eigenvalue weighted by Crippen LogP contribution is 2.29. The van der Waals surface area contributed by atoms with E-state index >= 15 is 0 Å². The minimum atomic E-state index is -0.922. The number of aryl methyl sites for hydroxylation is 1. The maximum atomic E-state index is 12.7. The number of ether oxygens (including phenoxy) is 1. The Kier molecular flexibility index (Phi) is 6.05. The van der Waals surface area contributed by atoms with Gasteiger partial charge < -0.3 is 14.4 Å². The quantitative estimate of drug-likeness (QED) is 0.343. The molecule has 0 bridgehead atoms. The minimum Gasteiger partial charge on any atom is -0.478 e. The van der Waals surface area contributed by atoms with Crippen molar-refractivity contribution < 1.29 is 19.4 Å². The molecule has 0 aliphatic carbocycles. The van der Waals surface area contributed by atoms with Crippen LogP contribution in [0.1, 0.15) is 58.3 Å². The summed E-state index contributed by atoms with van der Waals surface area (Å²) < 4.78 is 7.80. The second-order valence-corrected chi connectivity index (χ2v) is 9.58. The van der Waals surface area contributed by atoms with Gasteiger partial charge in [-0.15, -0.1) is 0 Å². The highest BCUT2D eigenvalue weighted by molar-refractivity contribution is 5.97. The highest BCUT2D eigenvalue weighted by Gasteiger charge is 2.21. The normalized spacial score (nSPS) is 11.6. The van der Waals surface area contributed by atoms with Gasteiger partial charge in [-0.25, -0.2) is 9.59 Å². The first-order valence-corrected chi connectivity index (χ1v) is 11.3.